The Morgan fingerprint density at radius 2 is 1.32 bits per heavy atom. The second-order valence-corrected chi connectivity index (χ2v) is 9.85. The number of benzene rings is 3. The smallest absolute Gasteiger partial charge is 0.335 e. The highest BCUT2D eigenvalue weighted by Crippen LogP contribution is 2.41. The number of carbonyl (C=O) groups is 1. The second kappa shape index (κ2) is 10.9. The number of urea groups is 1. The van der Waals surface area contributed by atoms with E-state index in [1.54, 1.807) is 6.07 Å². The lowest BCUT2D eigenvalue weighted by molar-refractivity contribution is -0.140. The van der Waals surface area contributed by atoms with Gasteiger partial charge in [-0.3, -0.25) is 0 Å². The van der Waals surface area contributed by atoms with E-state index in [4.69, 9.17) is 0 Å². The van der Waals surface area contributed by atoms with Crippen molar-refractivity contribution in [2.45, 2.75) is 55.5 Å². The summed E-state index contributed by atoms with van der Waals surface area (Å²) in [5, 5.41) is 4.69. The molecule has 1 saturated carbocycles. The number of alkyl halides is 8. The zero-order valence-electron chi connectivity index (χ0n) is 20.9. The van der Waals surface area contributed by atoms with Crippen molar-refractivity contribution in [3.63, 3.8) is 0 Å². The second-order valence-electron chi connectivity index (χ2n) is 9.85. The molecular weight excluding hydrogens is 570 g/mol. The van der Waals surface area contributed by atoms with Gasteiger partial charge in [0.2, 0.25) is 5.92 Å². The zero-order chi connectivity index (χ0) is 30.2. The van der Waals surface area contributed by atoms with Crippen molar-refractivity contribution in [2.24, 2.45) is 0 Å². The van der Waals surface area contributed by atoms with Gasteiger partial charge in [-0.1, -0.05) is 42.5 Å². The third-order valence-corrected chi connectivity index (χ3v) is 6.91. The van der Waals surface area contributed by atoms with Crippen molar-refractivity contribution < 1.29 is 48.7 Å². The molecule has 1 fully saturated rings. The van der Waals surface area contributed by atoms with Crippen molar-refractivity contribution in [3.8, 4) is 0 Å². The van der Waals surface area contributed by atoms with Gasteiger partial charge in [-0.25, -0.2) is 22.4 Å². The molecule has 3 aromatic rings. The summed E-state index contributed by atoms with van der Waals surface area (Å²) in [7, 11) is 0. The Morgan fingerprint density at radius 3 is 1.76 bits per heavy atom. The molecule has 13 heteroatoms. The van der Waals surface area contributed by atoms with E-state index in [2.05, 4.69) is 10.6 Å². The Kier molecular flexibility index (Phi) is 8.03. The molecule has 3 aromatic carbocycles. The molecular formula is C28H22F10N2O. The van der Waals surface area contributed by atoms with Gasteiger partial charge in [0.05, 0.1) is 16.7 Å². The van der Waals surface area contributed by atoms with Crippen molar-refractivity contribution in [1.82, 2.24) is 10.6 Å². The van der Waals surface area contributed by atoms with Crippen LogP contribution in [0.25, 0.3) is 0 Å². The minimum atomic E-state index is -5.23. The molecule has 4 rings (SSSR count). The average molecular weight is 592 g/mol. The van der Waals surface area contributed by atoms with Crippen LogP contribution in [0.4, 0.5) is 48.7 Å². The summed E-state index contributed by atoms with van der Waals surface area (Å²) < 4.78 is 138. The fourth-order valence-corrected chi connectivity index (χ4v) is 4.97. The van der Waals surface area contributed by atoms with Crippen LogP contribution in [0.15, 0.2) is 66.7 Å². The third-order valence-electron chi connectivity index (χ3n) is 6.91. The van der Waals surface area contributed by atoms with E-state index in [0.29, 0.717) is 29.8 Å². The molecule has 0 saturated heterocycles. The van der Waals surface area contributed by atoms with E-state index in [1.165, 1.54) is 24.3 Å². The van der Waals surface area contributed by atoms with E-state index in [-0.39, 0.29) is 6.42 Å². The lowest BCUT2D eigenvalue weighted by atomic mass is 9.77. The number of carbonyl (C=O) groups excluding carboxylic acids is 1. The molecule has 2 amide bonds. The molecule has 220 valence electrons. The van der Waals surface area contributed by atoms with E-state index in [0.717, 1.165) is 12.1 Å². The van der Waals surface area contributed by atoms with Crippen LogP contribution in [0.1, 0.15) is 47.1 Å². The highest BCUT2D eigenvalue weighted by molar-refractivity contribution is 5.76. The number of amides is 2. The molecule has 1 aliphatic rings. The first-order valence-corrected chi connectivity index (χ1v) is 12.3. The molecule has 0 heterocycles. The molecule has 0 radical (unpaired) electrons. The monoisotopic (exact) mass is 592 g/mol. The van der Waals surface area contributed by atoms with Crippen LogP contribution in [0.2, 0.25) is 0 Å². The van der Waals surface area contributed by atoms with E-state index in [1.807, 2.05) is 0 Å². The quantitative estimate of drug-likeness (QED) is 0.280. The standard InChI is InChI=1S/C28H22F10N2O/c29-22-8-6-17(12-20(22)27(33,34)35)26(14-16-4-2-1-3-5-16,18-7-9-23(30)21(13-18)28(36,37)38)40-24(41)39-19-10-11-25(31,32)15-19/h1-9,12-13,19H,10-11,14-15H2,(H2,39,40,41). The number of halogens is 10. The summed E-state index contributed by atoms with van der Waals surface area (Å²) in [6.45, 7) is 0. The van der Waals surface area contributed by atoms with Gasteiger partial charge in [-0.15, -0.1) is 0 Å². The number of nitrogens with one attached hydrogen (secondary N) is 2. The van der Waals surface area contributed by atoms with Crippen LogP contribution in [0.5, 0.6) is 0 Å². The molecule has 0 aliphatic heterocycles. The number of hydrogen-bond acceptors (Lipinski definition) is 1. The van der Waals surface area contributed by atoms with Crippen LogP contribution < -0.4 is 10.6 Å². The number of hydrogen-bond donors (Lipinski definition) is 2. The van der Waals surface area contributed by atoms with Crippen molar-refractivity contribution in [2.75, 3.05) is 0 Å². The van der Waals surface area contributed by atoms with Crippen molar-refractivity contribution >= 4 is 6.03 Å². The maximum atomic E-state index is 14.3. The maximum absolute atomic E-state index is 14.3. The molecule has 1 atom stereocenters. The predicted octanol–water partition coefficient (Wildman–Crippen LogP) is 7.98. The van der Waals surface area contributed by atoms with E-state index in [9.17, 15) is 48.7 Å². The SMILES string of the molecule is O=C(NC1CCC(F)(F)C1)NC(Cc1ccccc1)(c1ccc(F)c(C(F)(F)F)c1)c1ccc(F)c(C(F)(F)F)c1. The Balaban J connectivity index is 1.94. The van der Waals surface area contributed by atoms with Crippen molar-refractivity contribution in [1.29, 1.82) is 0 Å². The molecule has 0 spiro atoms. The van der Waals surface area contributed by atoms with Gasteiger partial charge in [-0.2, -0.15) is 26.3 Å². The Bertz CT molecular complexity index is 1340. The number of rotatable bonds is 6. The van der Waals surface area contributed by atoms with Gasteiger partial charge in [0, 0.05) is 25.3 Å². The first-order chi connectivity index (χ1) is 19.0. The summed E-state index contributed by atoms with van der Waals surface area (Å²) >= 11 is 0. The highest BCUT2D eigenvalue weighted by Gasteiger charge is 2.44. The normalized spacial score (nSPS) is 17.4. The molecule has 2 N–H and O–H groups in total. The fraction of sp³-hybridized carbons (Fsp3) is 0.321. The first kappa shape index (κ1) is 30.2. The van der Waals surface area contributed by atoms with E-state index < -0.39 is 89.0 Å². The van der Waals surface area contributed by atoms with Crippen LogP contribution in [0, 0.1) is 11.6 Å². The van der Waals surface area contributed by atoms with Crippen molar-refractivity contribution in [3.05, 3.63) is 106 Å². The topological polar surface area (TPSA) is 41.1 Å². The maximum Gasteiger partial charge on any atom is 0.419 e. The third kappa shape index (κ3) is 6.76. The van der Waals surface area contributed by atoms with E-state index >= 15 is 0 Å². The molecule has 1 aliphatic carbocycles. The zero-order valence-corrected chi connectivity index (χ0v) is 20.9. The molecule has 0 aromatic heterocycles. The summed E-state index contributed by atoms with van der Waals surface area (Å²) in [5.41, 5.74) is -6.46. The summed E-state index contributed by atoms with van der Waals surface area (Å²) in [6, 6.07) is 8.67. The van der Waals surface area contributed by atoms with Gasteiger partial charge in [0.1, 0.15) is 11.6 Å². The Labute approximate surface area is 227 Å². The Morgan fingerprint density at radius 1 is 0.805 bits per heavy atom. The van der Waals surface area contributed by atoms with Gasteiger partial charge in [0.25, 0.3) is 0 Å². The minimum absolute atomic E-state index is 0.129. The minimum Gasteiger partial charge on any atom is -0.335 e. The van der Waals surface area contributed by atoms with Crippen LogP contribution >= 0.6 is 0 Å². The van der Waals surface area contributed by atoms with Crippen LogP contribution in [-0.4, -0.2) is 18.0 Å². The summed E-state index contributed by atoms with van der Waals surface area (Å²) in [4.78, 5) is 13.2. The molecule has 0 bridgehead atoms. The predicted molar refractivity (Wildman–Crippen MR) is 128 cm³/mol. The van der Waals surface area contributed by atoms with Gasteiger partial charge in [-0.05, 0) is 47.4 Å². The molecule has 3 nitrogen and oxygen atoms in total. The van der Waals surface area contributed by atoms with Gasteiger partial charge >= 0.3 is 18.4 Å². The fourth-order valence-electron chi connectivity index (χ4n) is 4.97. The first-order valence-electron chi connectivity index (χ1n) is 12.3. The molecule has 41 heavy (non-hydrogen) atoms. The highest BCUT2D eigenvalue weighted by atomic mass is 19.4. The van der Waals surface area contributed by atoms with Crippen LogP contribution in [0.3, 0.4) is 0 Å². The summed E-state index contributed by atoms with van der Waals surface area (Å²) in [6.07, 6.45) is -12.3. The Hall–Kier alpha value is -3.77. The lowest BCUT2D eigenvalue weighted by Gasteiger charge is -2.37. The summed E-state index contributed by atoms with van der Waals surface area (Å²) in [5.74, 6) is -6.43. The average Bonchev–Trinajstić information content (AvgIpc) is 3.21. The van der Waals surface area contributed by atoms with Crippen LogP contribution in [-0.2, 0) is 24.3 Å². The van der Waals surface area contributed by atoms with Gasteiger partial charge in [0.15, 0.2) is 0 Å². The van der Waals surface area contributed by atoms with Gasteiger partial charge < -0.3 is 10.6 Å². The lowest BCUT2D eigenvalue weighted by Crippen LogP contribution is -2.54. The largest absolute Gasteiger partial charge is 0.419 e. The molecule has 1 unspecified atom stereocenters.